The molecule has 0 fully saturated rings. The van der Waals surface area contributed by atoms with E-state index in [4.69, 9.17) is 5.10 Å². The van der Waals surface area contributed by atoms with E-state index in [0.717, 1.165) is 56.1 Å². The summed E-state index contributed by atoms with van der Waals surface area (Å²) in [5.41, 5.74) is 13.1. The van der Waals surface area contributed by atoms with Gasteiger partial charge in [0, 0.05) is 41.5 Å². The second-order valence-electron chi connectivity index (χ2n) is 15.5. The fourth-order valence-corrected chi connectivity index (χ4v) is 7.66. The molecule has 6 heteroatoms. The Morgan fingerprint density at radius 1 is 0.660 bits per heavy atom. The third-order valence-corrected chi connectivity index (χ3v) is 10.1. The maximum absolute atomic E-state index is 5.58. The molecule has 0 amide bonds. The molecule has 8 aromatic rings. The average Bonchev–Trinajstić information content (AvgIpc) is 3.85. The first-order valence-electron chi connectivity index (χ1n) is 18.3. The third-order valence-electron chi connectivity index (χ3n) is 10.1. The van der Waals surface area contributed by atoms with Gasteiger partial charge in [0.1, 0.15) is 0 Å². The molecule has 3 heterocycles. The van der Waals surface area contributed by atoms with Crippen molar-refractivity contribution < 1.29 is 21.1 Å². The Morgan fingerprint density at radius 3 is 2.00 bits per heavy atom. The first-order chi connectivity index (χ1) is 25.0. The maximum atomic E-state index is 5.58. The van der Waals surface area contributed by atoms with E-state index >= 15 is 0 Å². The van der Waals surface area contributed by atoms with E-state index in [0.29, 0.717) is 11.8 Å². The number of fused-ring (bicyclic) bond motifs is 3. The van der Waals surface area contributed by atoms with Gasteiger partial charge in [-0.25, -0.2) is 0 Å². The normalized spacial score (nSPS) is 12.0. The van der Waals surface area contributed by atoms with Crippen molar-refractivity contribution in [3.63, 3.8) is 0 Å². The van der Waals surface area contributed by atoms with Crippen molar-refractivity contribution in [2.45, 2.75) is 65.7 Å². The van der Waals surface area contributed by atoms with E-state index in [-0.39, 0.29) is 26.5 Å². The summed E-state index contributed by atoms with van der Waals surface area (Å²) in [4.78, 5) is 4.62. The number of aryl methyl sites for hydroxylation is 1. The molecule has 268 valence electrons. The van der Waals surface area contributed by atoms with Crippen LogP contribution in [0.15, 0.2) is 116 Å². The van der Waals surface area contributed by atoms with Crippen molar-refractivity contribution in [1.29, 1.82) is 0 Å². The van der Waals surface area contributed by atoms with Gasteiger partial charge in [-0.05, 0) is 51.4 Å². The predicted octanol–water partition coefficient (Wildman–Crippen LogP) is 11.8. The first-order valence-corrected chi connectivity index (χ1v) is 18.3. The van der Waals surface area contributed by atoms with Gasteiger partial charge in [0.15, 0.2) is 0 Å². The second-order valence-corrected chi connectivity index (χ2v) is 15.5. The summed E-state index contributed by atoms with van der Waals surface area (Å²) in [6.07, 6.45) is 3.79. The number of para-hydroxylation sites is 1. The smallest absolute Gasteiger partial charge is 0.373 e. The van der Waals surface area contributed by atoms with E-state index in [2.05, 4.69) is 178 Å². The fraction of sp³-hybridized carbons (Fsp3) is 0.234. The van der Waals surface area contributed by atoms with Gasteiger partial charge >= 0.3 is 21.1 Å². The molecule has 8 rings (SSSR count). The minimum atomic E-state index is -0.234. The van der Waals surface area contributed by atoms with Crippen LogP contribution in [0.5, 0.6) is 0 Å². The van der Waals surface area contributed by atoms with Crippen molar-refractivity contribution in [3.8, 4) is 45.1 Å². The molecule has 0 atom stereocenters. The van der Waals surface area contributed by atoms with Crippen molar-refractivity contribution in [2.24, 2.45) is 7.05 Å². The maximum Gasteiger partial charge on any atom is 2.00 e. The summed E-state index contributed by atoms with van der Waals surface area (Å²) in [6.45, 7) is 16.0. The monoisotopic (exact) mass is 874 g/mol. The van der Waals surface area contributed by atoms with Crippen molar-refractivity contribution >= 4 is 21.8 Å². The van der Waals surface area contributed by atoms with Crippen LogP contribution in [-0.4, -0.2) is 23.9 Å². The molecule has 5 nitrogen and oxygen atoms in total. The Hall–Kier alpha value is -4.99. The zero-order chi connectivity index (χ0) is 36.3. The molecule has 0 spiro atoms. The van der Waals surface area contributed by atoms with Crippen LogP contribution in [0, 0.1) is 12.1 Å². The predicted molar refractivity (Wildman–Crippen MR) is 216 cm³/mol. The molecule has 0 radical (unpaired) electrons. The summed E-state index contributed by atoms with van der Waals surface area (Å²) in [5.74, 6) is 1.55. The number of nitrogens with zero attached hydrogens (tertiary/aromatic N) is 5. The Morgan fingerprint density at radius 2 is 1.34 bits per heavy atom. The van der Waals surface area contributed by atoms with Crippen molar-refractivity contribution in [2.75, 3.05) is 0 Å². The molecular weight excluding hydrogens is 830 g/mol. The second kappa shape index (κ2) is 14.1. The molecule has 0 aliphatic rings. The van der Waals surface area contributed by atoms with Crippen molar-refractivity contribution in [1.82, 2.24) is 23.9 Å². The van der Waals surface area contributed by atoms with Gasteiger partial charge < -0.3 is 9.13 Å². The topological polar surface area (TPSA) is 40.6 Å². The number of hydrogen-bond acceptors (Lipinski definition) is 2. The number of imidazole rings is 1. The van der Waals surface area contributed by atoms with E-state index in [9.17, 15) is 0 Å². The molecule has 0 saturated heterocycles. The van der Waals surface area contributed by atoms with E-state index in [1.165, 1.54) is 27.6 Å². The number of hydrogen-bond donors (Lipinski definition) is 0. The first kappa shape index (κ1) is 36.4. The fourth-order valence-electron chi connectivity index (χ4n) is 7.66. The van der Waals surface area contributed by atoms with Gasteiger partial charge in [-0.15, -0.1) is 47.3 Å². The Balaban J connectivity index is 0.00000435. The van der Waals surface area contributed by atoms with Gasteiger partial charge in [0.25, 0.3) is 0 Å². The van der Waals surface area contributed by atoms with Crippen LogP contribution >= 0.6 is 0 Å². The van der Waals surface area contributed by atoms with E-state index in [1.807, 2.05) is 24.0 Å². The largest absolute Gasteiger partial charge is 2.00 e. The minimum Gasteiger partial charge on any atom is -0.373 e. The van der Waals surface area contributed by atoms with Gasteiger partial charge in [-0.3, -0.25) is 9.67 Å². The summed E-state index contributed by atoms with van der Waals surface area (Å²) in [5, 5.41) is 7.88. The zero-order valence-corrected chi connectivity index (χ0v) is 33.9. The van der Waals surface area contributed by atoms with Gasteiger partial charge in [-0.1, -0.05) is 121 Å². The number of benzene rings is 5. The summed E-state index contributed by atoms with van der Waals surface area (Å²) >= 11 is 0. The molecule has 0 N–H and O–H groups in total. The third kappa shape index (κ3) is 6.29. The Labute approximate surface area is 327 Å². The Bertz CT molecular complexity index is 2550. The quantitative estimate of drug-likeness (QED) is 0.150. The minimum absolute atomic E-state index is 0. The molecule has 0 bridgehead atoms. The molecule has 0 aliphatic carbocycles. The molecule has 5 aromatic carbocycles. The summed E-state index contributed by atoms with van der Waals surface area (Å²) in [7, 11) is 2.02. The molecule has 0 aliphatic heterocycles. The summed E-state index contributed by atoms with van der Waals surface area (Å²) < 4.78 is 6.46. The number of aromatic nitrogens is 5. The molecule has 53 heavy (non-hydrogen) atoms. The van der Waals surface area contributed by atoms with Crippen LogP contribution in [0.4, 0.5) is 0 Å². The average molecular weight is 875 g/mol. The molecule has 0 unspecified atom stereocenters. The molecule has 3 aromatic heterocycles. The SMILES string of the molecule is CC(C)c1cccc(C(C)C)c1-c1c(C(C)(C)C)nn(-c2[c-]c3c(cc2)c2ccccc2n3-c2[c-]c(-c3nccn3C)ccc2)c1-c1ccccc1.[Pt+2]. The van der Waals surface area contributed by atoms with Crippen LogP contribution in [0.1, 0.15) is 77.1 Å². The van der Waals surface area contributed by atoms with Crippen molar-refractivity contribution in [3.05, 3.63) is 144 Å². The van der Waals surface area contributed by atoms with Crippen LogP contribution in [0.25, 0.3) is 67.0 Å². The molecule has 0 saturated carbocycles. The van der Waals surface area contributed by atoms with Gasteiger partial charge in [0.2, 0.25) is 0 Å². The van der Waals surface area contributed by atoms with Crippen LogP contribution < -0.4 is 0 Å². The van der Waals surface area contributed by atoms with E-state index < -0.39 is 0 Å². The van der Waals surface area contributed by atoms with Gasteiger partial charge in [0.05, 0.1) is 17.2 Å². The van der Waals surface area contributed by atoms with Crippen LogP contribution in [0.2, 0.25) is 0 Å². The van der Waals surface area contributed by atoms with Crippen LogP contribution in [0.3, 0.4) is 0 Å². The Kier molecular flexibility index (Phi) is 9.68. The zero-order valence-electron chi connectivity index (χ0n) is 31.7. The van der Waals surface area contributed by atoms with Gasteiger partial charge in [-0.2, -0.15) is 11.2 Å². The van der Waals surface area contributed by atoms with Crippen LogP contribution in [-0.2, 0) is 33.5 Å². The summed E-state index contributed by atoms with van der Waals surface area (Å²) in [6, 6.07) is 44.5. The number of rotatable bonds is 7. The van der Waals surface area contributed by atoms with E-state index in [1.54, 1.807) is 0 Å². The standard InChI is InChI=1S/C47H45N5.Pt/c1-30(2)36-21-15-22-37(31(3)4)42(36)43-44(32-16-10-9-11-17-32)52(49-45(43)47(5,6)7)35-24-25-39-38-20-12-13-23-40(38)51(41(39)29-35)34-19-14-18-33(28-34)46-48-26-27-50(46)8;/h9-27,30-31H,1-8H3;/q-2;+2. The molecular formula is C47H45N5Pt.